The van der Waals surface area contributed by atoms with E-state index >= 15 is 0 Å². The first-order valence-electron chi connectivity index (χ1n) is 11.8. The molecule has 7 nitrogen and oxygen atoms in total. The van der Waals surface area contributed by atoms with E-state index in [1.807, 2.05) is 66.9 Å². The molecule has 1 aromatic heterocycles. The Morgan fingerprint density at radius 2 is 1.61 bits per heavy atom. The summed E-state index contributed by atoms with van der Waals surface area (Å²) in [7, 11) is 1.29. The summed E-state index contributed by atoms with van der Waals surface area (Å²) < 4.78 is 5.28. The highest BCUT2D eigenvalue weighted by Crippen LogP contribution is 2.48. The number of carbonyl (C=O) groups is 3. The molecule has 3 aromatic carbocycles. The number of esters is 1. The number of nitrogens with one attached hydrogen (secondary N) is 1. The Labute approximate surface area is 207 Å². The van der Waals surface area contributed by atoms with Gasteiger partial charge in [0.15, 0.2) is 5.54 Å². The fourth-order valence-corrected chi connectivity index (χ4v) is 5.60. The highest BCUT2D eigenvalue weighted by Gasteiger charge is 2.67. The van der Waals surface area contributed by atoms with Gasteiger partial charge in [-0.25, -0.2) is 9.69 Å². The number of carbonyl (C=O) groups excluding carboxylic acids is 3. The van der Waals surface area contributed by atoms with E-state index in [-0.39, 0.29) is 12.3 Å². The van der Waals surface area contributed by atoms with E-state index < -0.39 is 29.3 Å². The largest absolute Gasteiger partial charge is 0.467 e. The summed E-state index contributed by atoms with van der Waals surface area (Å²) in [5, 5.41) is 0.928. The Morgan fingerprint density at radius 3 is 2.33 bits per heavy atom. The number of hydrogen-bond donors (Lipinski definition) is 1. The minimum absolute atomic E-state index is 0.114. The number of H-pyrrole nitrogens is 1. The predicted octanol–water partition coefficient (Wildman–Crippen LogP) is 3.93. The van der Waals surface area contributed by atoms with Crippen molar-refractivity contribution in [2.24, 2.45) is 16.8 Å². The summed E-state index contributed by atoms with van der Waals surface area (Å²) in [4.78, 5) is 50.8. The predicted molar refractivity (Wildman–Crippen MR) is 136 cm³/mol. The Kier molecular flexibility index (Phi) is 5.07. The summed E-state index contributed by atoms with van der Waals surface area (Å²) in [6.45, 7) is 0. The van der Waals surface area contributed by atoms with Gasteiger partial charge in [-0.2, -0.15) is 0 Å². The summed E-state index contributed by atoms with van der Waals surface area (Å²) in [5.41, 5.74) is 1.75. The lowest BCUT2D eigenvalue weighted by molar-refractivity contribution is -0.151. The average Bonchev–Trinajstić information content (AvgIpc) is 3.57. The van der Waals surface area contributed by atoms with Gasteiger partial charge in [-0.1, -0.05) is 66.7 Å². The molecule has 36 heavy (non-hydrogen) atoms. The molecule has 1 saturated heterocycles. The normalized spacial score (nSPS) is 23.1. The first-order chi connectivity index (χ1) is 17.5. The standard InChI is InChI=1S/C29H23N3O4/c1-36-28(35)29(16-19-17-30-22-15-9-8-14-21(19)22)24-23(25(31-29)18-10-4-2-5-11-18)26(33)32(27(24)34)20-12-6-3-7-13-20/h2-15,17,23-24,30H,16H2,1H3/t23-,24-,29+/m1/s1. The summed E-state index contributed by atoms with van der Waals surface area (Å²) >= 11 is 0. The smallest absolute Gasteiger partial charge is 0.334 e. The number of aromatic amines is 1. The zero-order valence-electron chi connectivity index (χ0n) is 19.5. The van der Waals surface area contributed by atoms with Crippen LogP contribution in [0.5, 0.6) is 0 Å². The number of para-hydroxylation sites is 2. The number of methoxy groups -OCH3 is 1. The number of anilines is 1. The molecule has 7 heteroatoms. The molecule has 0 unspecified atom stereocenters. The van der Waals surface area contributed by atoms with Crippen LogP contribution in [0.25, 0.3) is 10.9 Å². The molecule has 4 aromatic rings. The molecule has 0 saturated carbocycles. The average molecular weight is 478 g/mol. The second kappa shape index (κ2) is 8.30. The Morgan fingerprint density at radius 1 is 0.944 bits per heavy atom. The van der Waals surface area contributed by atoms with E-state index in [1.54, 1.807) is 24.3 Å². The molecule has 0 aliphatic carbocycles. The van der Waals surface area contributed by atoms with E-state index in [0.29, 0.717) is 17.0 Å². The lowest BCUT2D eigenvalue weighted by atomic mass is 9.75. The van der Waals surface area contributed by atoms with Crippen LogP contribution in [-0.2, 0) is 25.5 Å². The number of ether oxygens (including phenoxy) is 1. The number of hydrogen-bond acceptors (Lipinski definition) is 5. The third-order valence-corrected chi connectivity index (χ3v) is 7.19. The molecule has 3 heterocycles. The number of aliphatic imine (C=N–C) groups is 1. The van der Waals surface area contributed by atoms with E-state index in [9.17, 15) is 14.4 Å². The number of rotatable bonds is 5. The fourth-order valence-electron chi connectivity index (χ4n) is 5.60. The van der Waals surface area contributed by atoms with Gasteiger partial charge in [0, 0.05) is 23.5 Å². The third kappa shape index (κ3) is 3.12. The van der Waals surface area contributed by atoms with Crippen LogP contribution < -0.4 is 4.90 Å². The van der Waals surface area contributed by atoms with Crippen LogP contribution in [-0.4, -0.2) is 41.1 Å². The zero-order chi connectivity index (χ0) is 24.9. The van der Waals surface area contributed by atoms with Gasteiger partial charge < -0.3 is 9.72 Å². The van der Waals surface area contributed by atoms with E-state index in [4.69, 9.17) is 9.73 Å². The molecular formula is C29H23N3O4. The van der Waals surface area contributed by atoms with E-state index in [2.05, 4.69) is 4.98 Å². The molecule has 6 rings (SSSR count). The van der Waals surface area contributed by atoms with Crippen molar-refractivity contribution < 1.29 is 19.1 Å². The van der Waals surface area contributed by atoms with Crippen LogP contribution in [0.4, 0.5) is 5.69 Å². The SMILES string of the molecule is COC(=O)[C@@]1(Cc2c[nH]c3ccccc23)N=C(c2ccccc2)[C@@H]2C(=O)N(c3ccccc3)C(=O)[C@@H]21. The summed E-state index contributed by atoms with van der Waals surface area (Å²) in [6.07, 6.45) is 1.94. The lowest BCUT2D eigenvalue weighted by Crippen LogP contribution is -2.49. The van der Waals surface area contributed by atoms with Crippen molar-refractivity contribution >= 4 is 40.1 Å². The second-order valence-corrected chi connectivity index (χ2v) is 9.12. The number of amides is 2. The maximum Gasteiger partial charge on any atom is 0.334 e. The zero-order valence-corrected chi connectivity index (χ0v) is 19.5. The third-order valence-electron chi connectivity index (χ3n) is 7.19. The summed E-state index contributed by atoms with van der Waals surface area (Å²) in [5.74, 6) is -3.39. The van der Waals surface area contributed by atoms with Crippen molar-refractivity contribution in [1.29, 1.82) is 0 Å². The highest BCUT2D eigenvalue weighted by atomic mass is 16.5. The number of fused-ring (bicyclic) bond motifs is 2. The van der Waals surface area contributed by atoms with Crippen molar-refractivity contribution in [3.05, 3.63) is 102 Å². The Bertz CT molecular complexity index is 1530. The highest BCUT2D eigenvalue weighted by molar-refractivity contribution is 6.33. The minimum atomic E-state index is -1.59. The van der Waals surface area contributed by atoms with E-state index in [1.165, 1.54) is 12.0 Å². The monoisotopic (exact) mass is 477 g/mol. The number of aromatic nitrogens is 1. The van der Waals surface area contributed by atoms with Gasteiger partial charge in [0.25, 0.3) is 0 Å². The van der Waals surface area contributed by atoms with Crippen LogP contribution in [0.3, 0.4) is 0 Å². The van der Waals surface area contributed by atoms with Gasteiger partial charge in [-0.15, -0.1) is 0 Å². The number of imide groups is 1. The van der Waals surface area contributed by atoms with Crippen molar-refractivity contribution in [2.75, 3.05) is 12.0 Å². The molecule has 0 spiro atoms. The fraction of sp³-hybridized carbons (Fsp3) is 0.172. The van der Waals surface area contributed by atoms with Crippen LogP contribution >= 0.6 is 0 Å². The Balaban J connectivity index is 1.56. The number of benzene rings is 3. The first-order valence-corrected chi connectivity index (χ1v) is 11.8. The van der Waals surface area contributed by atoms with Gasteiger partial charge in [0.2, 0.25) is 11.8 Å². The van der Waals surface area contributed by atoms with Crippen molar-refractivity contribution in [3.8, 4) is 0 Å². The molecule has 1 fully saturated rings. The molecule has 2 amide bonds. The van der Waals surface area contributed by atoms with Crippen LogP contribution in [0, 0.1) is 11.8 Å². The summed E-state index contributed by atoms with van der Waals surface area (Å²) in [6, 6.07) is 25.8. The molecule has 0 radical (unpaired) electrons. The quantitative estimate of drug-likeness (QED) is 0.348. The minimum Gasteiger partial charge on any atom is -0.467 e. The molecule has 3 atom stereocenters. The topological polar surface area (TPSA) is 91.8 Å². The van der Waals surface area contributed by atoms with Crippen molar-refractivity contribution in [1.82, 2.24) is 4.98 Å². The van der Waals surface area contributed by atoms with Gasteiger partial charge in [0.1, 0.15) is 0 Å². The molecule has 1 N–H and O–H groups in total. The maximum absolute atomic E-state index is 14.0. The molecule has 2 aliphatic rings. The van der Waals surface area contributed by atoms with Crippen LogP contribution in [0.2, 0.25) is 0 Å². The maximum atomic E-state index is 14.0. The van der Waals surface area contributed by atoms with Crippen molar-refractivity contribution in [3.63, 3.8) is 0 Å². The molecule has 0 bridgehead atoms. The van der Waals surface area contributed by atoms with Crippen molar-refractivity contribution in [2.45, 2.75) is 12.0 Å². The molecule has 2 aliphatic heterocycles. The van der Waals surface area contributed by atoms with Gasteiger partial charge >= 0.3 is 5.97 Å². The van der Waals surface area contributed by atoms with Gasteiger partial charge in [0.05, 0.1) is 30.3 Å². The van der Waals surface area contributed by atoms with Gasteiger partial charge in [-0.05, 0) is 29.3 Å². The lowest BCUT2D eigenvalue weighted by Gasteiger charge is -2.29. The van der Waals surface area contributed by atoms with Crippen LogP contribution in [0.15, 0.2) is 96.1 Å². The Hall–Kier alpha value is -4.52. The molecular weight excluding hydrogens is 454 g/mol. The first kappa shape index (κ1) is 22.0. The van der Waals surface area contributed by atoms with E-state index in [0.717, 1.165) is 16.5 Å². The second-order valence-electron chi connectivity index (χ2n) is 9.12. The number of nitrogens with zero attached hydrogens (tertiary/aromatic N) is 2. The van der Waals surface area contributed by atoms with Crippen LogP contribution in [0.1, 0.15) is 11.1 Å². The molecule has 178 valence electrons. The van der Waals surface area contributed by atoms with Gasteiger partial charge in [-0.3, -0.25) is 14.6 Å².